The Morgan fingerprint density at radius 1 is 1.40 bits per heavy atom. The Bertz CT molecular complexity index is 798. The minimum absolute atomic E-state index is 0.188. The summed E-state index contributed by atoms with van der Waals surface area (Å²) in [7, 11) is 1.76. The van der Waals surface area contributed by atoms with Crippen molar-refractivity contribution in [2.24, 2.45) is 12.8 Å². The fourth-order valence-electron chi connectivity index (χ4n) is 1.84. The van der Waals surface area contributed by atoms with Crippen molar-refractivity contribution in [3.63, 3.8) is 0 Å². The molecule has 2 rings (SSSR count). The van der Waals surface area contributed by atoms with Crippen molar-refractivity contribution in [1.82, 2.24) is 19.7 Å². The van der Waals surface area contributed by atoms with Crippen molar-refractivity contribution in [1.29, 1.82) is 0 Å². The first kappa shape index (κ1) is 19.5. The SMILES string of the molecule is C[C@@H](Sc1nnc(CCC(N)=O)n1C)C(=O)Nc1ncc(Cl)cc1Cl. The molecule has 2 heterocycles. The number of nitrogens with one attached hydrogen (secondary N) is 1. The summed E-state index contributed by atoms with van der Waals surface area (Å²) in [6.45, 7) is 1.72. The summed E-state index contributed by atoms with van der Waals surface area (Å²) in [6.07, 6.45) is 1.98. The molecular weight excluding hydrogens is 387 g/mol. The molecule has 8 nitrogen and oxygen atoms in total. The number of aryl methyl sites for hydroxylation is 1. The van der Waals surface area contributed by atoms with Gasteiger partial charge in [-0.05, 0) is 13.0 Å². The van der Waals surface area contributed by atoms with Gasteiger partial charge in [-0.25, -0.2) is 4.98 Å². The van der Waals surface area contributed by atoms with E-state index < -0.39 is 11.2 Å². The fraction of sp³-hybridized carbons (Fsp3) is 0.357. The topological polar surface area (TPSA) is 116 Å². The van der Waals surface area contributed by atoms with Crippen molar-refractivity contribution in [2.45, 2.75) is 30.2 Å². The number of pyridine rings is 1. The Kier molecular flexibility index (Phi) is 6.63. The van der Waals surface area contributed by atoms with E-state index in [9.17, 15) is 9.59 Å². The van der Waals surface area contributed by atoms with Crippen LogP contribution in [0.25, 0.3) is 0 Å². The molecule has 2 aromatic heterocycles. The van der Waals surface area contributed by atoms with Gasteiger partial charge in [0, 0.05) is 26.1 Å². The number of amides is 2. The van der Waals surface area contributed by atoms with Crippen molar-refractivity contribution in [2.75, 3.05) is 5.32 Å². The average Bonchev–Trinajstić information content (AvgIpc) is 2.88. The van der Waals surface area contributed by atoms with Crippen LogP contribution in [-0.2, 0) is 23.1 Å². The lowest BCUT2D eigenvalue weighted by Crippen LogP contribution is -2.23. The van der Waals surface area contributed by atoms with Gasteiger partial charge in [-0.1, -0.05) is 35.0 Å². The number of rotatable bonds is 7. The molecule has 0 fully saturated rings. The smallest absolute Gasteiger partial charge is 0.238 e. The summed E-state index contributed by atoms with van der Waals surface area (Å²) >= 11 is 13.0. The van der Waals surface area contributed by atoms with E-state index in [0.29, 0.717) is 22.4 Å². The minimum Gasteiger partial charge on any atom is -0.370 e. The predicted octanol–water partition coefficient (Wildman–Crippen LogP) is 2.05. The van der Waals surface area contributed by atoms with E-state index in [-0.39, 0.29) is 23.2 Å². The van der Waals surface area contributed by atoms with E-state index in [1.165, 1.54) is 24.0 Å². The molecule has 0 saturated carbocycles. The molecule has 1 atom stereocenters. The number of nitrogens with zero attached hydrogens (tertiary/aromatic N) is 4. The van der Waals surface area contributed by atoms with Crippen LogP contribution in [0.2, 0.25) is 10.0 Å². The lowest BCUT2D eigenvalue weighted by atomic mass is 10.3. The zero-order valence-electron chi connectivity index (χ0n) is 13.5. The van der Waals surface area contributed by atoms with Crippen molar-refractivity contribution < 1.29 is 9.59 Å². The number of hydrogen-bond acceptors (Lipinski definition) is 6. The Hall–Kier alpha value is -1.84. The Morgan fingerprint density at radius 2 is 2.12 bits per heavy atom. The minimum atomic E-state index is -0.472. The second kappa shape index (κ2) is 8.50. The van der Waals surface area contributed by atoms with Crippen LogP contribution in [0.4, 0.5) is 5.82 Å². The van der Waals surface area contributed by atoms with Crippen LogP contribution in [0.3, 0.4) is 0 Å². The zero-order valence-corrected chi connectivity index (χ0v) is 15.8. The molecule has 0 aromatic carbocycles. The van der Waals surface area contributed by atoms with E-state index in [1.54, 1.807) is 18.5 Å². The number of carbonyl (C=O) groups excluding carboxylic acids is 2. The highest BCUT2D eigenvalue weighted by Crippen LogP contribution is 2.26. The van der Waals surface area contributed by atoms with E-state index in [1.807, 2.05) is 0 Å². The average molecular weight is 403 g/mol. The Morgan fingerprint density at radius 3 is 2.76 bits per heavy atom. The van der Waals surface area contributed by atoms with Gasteiger partial charge in [-0.3, -0.25) is 9.59 Å². The first-order chi connectivity index (χ1) is 11.8. The Labute approximate surface area is 158 Å². The van der Waals surface area contributed by atoms with Crippen LogP contribution in [-0.4, -0.2) is 36.8 Å². The molecule has 0 radical (unpaired) electrons. The molecule has 0 spiro atoms. The molecule has 11 heteroatoms. The third kappa shape index (κ3) is 5.32. The maximum atomic E-state index is 12.3. The lowest BCUT2D eigenvalue weighted by molar-refractivity contribution is -0.118. The van der Waals surface area contributed by atoms with E-state index >= 15 is 0 Å². The molecule has 25 heavy (non-hydrogen) atoms. The quantitative estimate of drug-likeness (QED) is 0.684. The number of hydrogen-bond donors (Lipinski definition) is 2. The normalized spacial score (nSPS) is 12.0. The van der Waals surface area contributed by atoms with Gasteiger partial charge in [0.1, 0.15) is 5.82 Å². The molecule has 0 saturated heterocycles. The number of thioether (sulfide) groups is 1. The van der Waals surface area contributed by atoms with Crippen LogP contribution >= 0.6 is 35.0 Å². The molecule has 0 unspecified atom stereocenters. The summed E-state index contributed by atoms with van der Waals surface area (Å²) in [6, 6.07) is 1.50. The molecule has 0 bridgehead atoms. The molecule has 2 amide bonds. The van der Waals surface area contributed by atoms with Gasteiger partial charge < -0.3 is 15.6 Å². The lowest BCUT2D eigenvalue weighted by Gasteiger charge is -2.12. The van der Waals surface area contributed by atoms with Gasteiger partial charge in [0.15, 0.2) is 11.0 Å². The standard InChI is InChI=1S/C14H16Cl2N6O2S/c1-7(13(24)19-12-9(16)5-8(15)6-18-12)25-14-21-20-11(22(14)2)4-3-10(17)23/h5-7H,3-4H2,1-2H3,(H2,17,23)(H,18,19,24)/t7-/m1/s1. The highest BCUT2D eigenvalue weighted by molar-refractivity contribution is 8.00. The van der Waals surface area contributed by atoms with Crippen LogP contribution in [0, 0.1) is 0 Å². The summed E-state index contributed by atoms with van der Waals surface area (Å²) in [4.78, 5) is 27.2. The molecular formula is C14H16Cl2N6O2S. The Balaban J connectivity index is 2.00. The maximum absolute atomic E-state index is 12.3. The summed E-state index contributed by atoms with van der Waals surface area (Å²) in [5, 5.41) is 11.4. The van der Waals surface area contributed by atoms with Gasteiger partial charge in [0.2, 0.25) is 11.8 Å². The highest BCUT2D eigenvalue weighted by Gasteiger charge is 2.20. The predicted molar refractivity (Wildman–Crippen MR) is 96.7 cm³/mol. The fourth-order valence-corrected chi connectivity index (χ4v) is 3.10. The largest absolute Gasteiger partial charge is 0.370 e. The maximum Gasteiger partial charge on any atom is 0.238 e. The number of nitrogens with two attached hydrogens (primary N) is 1. The molecule has 134 valence electrons. The molecule has 0 aliphatic carbocycles. The first-order valence-corrected chi connectivity index (χ1v) is 8.86. The number of halogens is 2. The second-order valence-electron chi connectivity index (χ2n) is 5.16. The summed E-state index contributed by atoms with van der Waals surface area (Å²) < 4.78 is 1.73. The van der Waals surface area contributed by atoms with Gasteiger partial charge in [0.05, 0.1) is 15.3 Å². The van der Waals surface area contributed by atoms with Gasteiger partial charge >= 0.3 is 0 Å². The third-order valence-electron chi connectivity index (χ3n) is 3.22. The van der Waals surface area contributed by atoms with Gasteiger partial charge in [-0.15, -0.1) is 10.2 Å². The second-order valence-corrected chi connectivity index (χ2v) is 7.31. The molecule has 2 aromatic rings. The van der Waals surface area contributed by atoms with Crippen LogP contribution < -0.4 is 11.1 Å². The van der Waals surface area contributed by atoms with Gasteiger partial charge in [0.25, 0.3) is 0 Å². The molecule has 0 aliphatic rings. The first-order valence-electron chi connectivity index (χ1n) is 7.23. The van der Waals surface area contributed by atoms with Crippen LogP contribution in [0.5, 0.6) is 0 Å². The monoisotopic (exact) mass is 402 g/mol. The van der Waals surface area contributed by atoms with Crippen LogP contribution in [0.15, 0.2) is 17.4 Å². The van der Waals surface area contributed by atoms with Crippen molar-refractivity contribution in [3.8, 4) is 0 Å². The summed E-state index contributed by atoms with van der Waals surface area (Å²) in [5.74, 6) is 0.167. The number of primary amides is 1. The summed E-state index contributed by atoms with van der Waals surface area (Å²) in [5.41, 5.74) is 5.13. The molecule has 3 N–H and O–H groups in total. The third-order valence-corrected chi connectivity index (χ3v) is 4.85. The van der Waals surface area contributed by atoms with E-state index in [4.69, 9.17) is 28.9 Å². The van der Waals surface area contributed by atoms with E-state index in [2.05, 4.69) is 20.5 Å². The highest BCUT2D eigenvalue weighted by atomic mass is 35.5. The van der Waals surface area contributed by atoms with Gasteiger partial charge in [-0.2, -0.15) is 0 Å². The number of anilines is 1. The van der Waals surface area contributed by atoms with E-state index in [0.717, 1.165) is 0 Å². The zero-order chi connectivity index (χ0) is 18.6. The molecule has 0 aliphatic heterocycles. The van der Waals surface area contributed by atoms with Crippen molar-refractivity contribution >= 4 is 52.6 Å². The number of carbonyl (C=O) groups is 2. The number of aromatic nitrogens is 4. The van der Waals surface area contributed by atoms with Crippen LogP contribution in [0.1, 0.15) is 19.2 Å². The van der Waals surface area contributed by atoms with Crippen molar-refractivity contribution in [3.05, 3.63) is 28.1 Å².